The molecular weight excluding hydrogens is 309 g/mol. The molecule has 1 fully saturated rings. The number of nitrogens with zero attached hydrogens (tertiary/aromatic N) is 2. The maximum absolute atomic E-state index is 12.2. The van der Waals surface area contributed by atoms with Crippen LogP contribution in [0.4, 0.5) is 5.69 Å². The Morgan fingerprint density at radius 3 is 2.47 bits per heavy atom. The van der Waals surface area contributed by atoms with Crippen LogP contribution in [0.15, 0.2) is 6.07 Å². The summed E-state index contributed by atoms with van der Waals surface area (Å²) in [7, 11) is -3.58. The molecule has 8 heteroatoms. The monoisotopic (exact) mass is 323 g/mol. The van der Waals surface area contributed by atoms with Crippen LogP contribution in [0.5, 0.6) is 0 Å². The minimum absolute atomic E-state index is 0.0607. The molecule has 0 saturated carbocycles. The smallest absolute Gasteiger partial charge is 0.268 e. The van der Waals surface area contributed by atoms with Crippen molar-refractivity contribution in [3.05, 3.63) is 21.9 Å². The van der Waals surface area contributed by atoms with Gasteiger partial charge in [-0.25, -0.2) is 4.98 Å². The Bertz CT molecular complexity index is 548. The molecule has 106 valence electrons. The predicted molar refractivity (Wildman–Crippen MR) is 77.0 cm³/mol. The lowest BCUT2D eigenvalue weighted by atomic mass is 10.2. The van der Waals surface area contributed by atoms with Crippen molar-refractivity contribution in [1.29, 1.82) is 0 Å². The zero-order chi connectivity index (χ0) is 14.0. The molecule has 0 amide bonds. The summed E-state index contributed by atoms with van der Waals surface area (Å²) >= 11 is 11.7. The highest BCUT2D eigenvalue weighted by Crippen LogP contribution is 2.28. The average molecular weight is 324 g/mol. The standard InChI is InChI=1S/C11H15Cl2N3O2S/c1-8-7-9(12)14-11(13)10(8)15-19(17,18)16-5-3-2-4-6-16/h7,15H,2-6H2,1H3. The van der Waals surface area contributed by atoms with E-state index in [4.69, 9.17) is 23.2 Å². The molecule has 2 heterocycles. The van der Waals surface area contributed by atoms with Gasteiger partial charge in [0.15, 0.2) is 5.15 Å². The molecule has 1 saturated heterocycles. The minimum Gasteiger partial charge on any atom is -0.268 e. The van der Waals surface area contributed by atoms with E-state index >= 15 is 0 Å². The number of halogens is 2. The third-order valence-corrected chi connectivity index (χ3v) is 5.00. The Morgan fingerprint density at radius 2 is 1.89 bits per heavy atom. The fourth-order valence-corrected chi connectivity index (χ4v) is 4.04. The molecule has 1 aromatic rings. The van der Waals surface area contributed by atoms with Crippen LogP contribution >= 0.6 is 23.2 Å². The number of nitrogens with one attached hydrogen (secondary N) is 1. The van der Waals surface area contributed by atoms with Crippen molar-refractivity contribution in [3.8, 4) is 0 Å². The van der Waals surface area contributed by atoms with Gasteiger partial charge >= 0.3 is 10.2 Å². The molecular formula is C11H15Cl2N3O2S. The Balaban J connectivity index is 2.25. The number of piperidine rings is 1. The van der Waals surface area contributed by atoms with Gasteiger partial charge in [-0.2, -0.15) is 12.7 Å². The van der Waals surface area contributed by atoms with Crippen molar-refractivity contribution in [2.45, 2.75) is 26.2 Å². The molecule has 5 nitrogen and oxygen atoms in total. The van der Waals surface area contributed by atoms with Gasteiger partial charge in [-0.3, -0.25) is 4.72 Å². The van der Waals surface area contributed by atoms with E-state index in [1.165, 1.54) is 4.31 Å². The molecule has 0 bridgehead atoms. The number of anilines is 1. The predicted octanol–water partition coefficient (Wildman–Crippen LogP) is 2.84. The highest BCUT2D eigenvalue weighted by Gasteiger charge is 2.25. The first-order chi connectivity index (χ1) is 8.90. The van der Waals surface area contributed by atoms with Gasteiger partial charge in [-0.1, -0.05) is 29.6 Å². The van der Waals surface area contributed by atoms with Crippen molar-refractivity contribution in [3.63, 3.8) is 0 Å². The third kappa shape index (κ3) is 3.51. The summed E-state index contributed by atoms with van der Waals surface area (Å²) < 4.78 is 28.4. The quantitative estimate of drug-likeness (QED) is 0.870. The molecule has 0 radical (unpaired) electrons. The Kier molecular flexibility index (Phi) is 4.55. The lowest BCUT2D eigenvalue weighted by Gasteiger charge is -2.26. The van der Waals surface area contributed by atoms with E-state index in [0.717, 1.165) is 19.3 Å². The van der Waals surface area contributed by atoms with E-state index in [1.54, 1.807) is 13.0 Å². The Morgan fingerprint density at radius 1 is 1.26 bits per heavy atom. The fourth-order valence-electron chi connectivity index (χ4n) is 2.02. The van der Waals surface area contributed by atoms with Gasteiger partial charge < -0.3 is 0 Å². The van der Waals surface area contributed by atoms with Crippen molar-refractivity contribution < 1.29 is 8.42 Å². The van der Waals surface area contributed by atoms with Gasteiger partial charge in [0, 0.05) is 13.1 Å². The topological polar surface area (TPSA) is 62.3 Å². The van der Waals surface area contributed by atoms with Gasteiger partial charge in [-0.05, 0) is 31.4 Å². The highest BCUT2D eigenvalue weighted by molar-refractivity contribution is 7.90. The summed E-state index contributed by atoms with van der Waals surface area (Å²) in [4.78, 5) is 3.85. The molecule has 0 atom stereocenters. The maximum atomic E-state index is 12.2. The summed E-state index contributed by atoms with van der Waals surface area (Å²) in [5.41, 5.74) is 0.933. The zero-order valence-electron chi connectivity index (χ0n) is 10.5. The first kappa shape index (κ1) is 14.8. The molecule has 0 aromatic carbocycles. The minimum atomic E-state index is -3.58. The summed E-state index contributed by atoms with van der Waals surface area (Å²) in [5.74, 6) is 0. The number of hydrogen-bond acceptors (Lipinski definition) is 3. The van der Waals surface area contributed by atoms with E-state index in [0.29, 0.717) is 18.7 Å². The molecule has 2 rings (SSSR count). The summed E-state index contributed by atoms with van der Waals surface area (Å²) in [6.07, 6.45) is 2.83. The van der Waals surface area contributed by atoms with E-state index in [-0.39, 0.29) is 16.0 Å². The van der Waals surface area contributed by atoms with Crippen molar-refractivity contribution >= 4 is 39.1 Å². The molecule has 19 heavy (non-hydrogen) atoms. The largest absolute Gasteiger partial charge is 0.301 e. The van der Waals surface area contributed by atoms with Crippen LogP contribution in [0, 0.1) is 6.92 Å². The van der Waals surface area contributed by atoms with Gasteiger partial charge in [0.05, 0.1) is 5.69 Å². The van der Waals surface area contributed by atoms with Crippen molar-refractivity contribution in [1.82, 2.24) is 9.29 Å². The Labute approximate surface area is 123 Å². The first-order valence-electron chi connectivity index (χ1n) is 6.01. The van der Waals surface area contributed by atoms with Gasteiger partial charge in [0.1, 0.15) is 5.15 Å². The fraction of sp³-hybridized carbons (Fsp3) is 0.545. The van der Waals surface area contributed by atoms with E-state index in [9.17, 15) is 8.42 Å². The second kappa shape index (κ2) is 5.83. The van der Waals surface area contributed by atoms with Crippen LogP contribution < -0.4 is 4.72 Å². The number of rotatable bonds is 3. The van der Waals surface area contributed by atoms with E-state index < -0.39 is 10.2 Å². The van der Waals surface area contributed by atoms with Crippen molar-refractivity contribution in [2.75, 3.05) is 17.8 Å². The molecule has 1 aromatic heterocycles. The maximum Gasteiger partial charge on any atom is 0.301 e. The van der Waals surface area contributed by atoms with Gasteiger partial charge in [0.25, 0.3) is 0 Å². The number of aromatic nitrogens is 1. The second-order valence-corrected chi connectivity index (χ2v) is 6.91. The van der Waals surface area contributed by atoms with E-state index in [2.05, 4.69) is 9.71 Å². The normalized spacial score (nSPS) is 17.4. The molecule has 1 aliphatic heterocycles. The molecule has 0 spiro atoms. The molecule has 1 N–H and O–H groups in total. The molecule has 0 unspecified atom stereocenters. The number of pyridine rings is 1. The summed E-state index contributed by atoms with van der Waals surface area (Å²) in [6, 6.07) is 1.57. The lowest BCUT2D eigenvalue weighted by molar-refractivity contribution is 0.349. The Hall–Kier alpha value is -0.560. The SMILES string of the molecule is Cc1cc(Cl)nc(Cl)c1NS(=O)(=O)N1CCCCC1. The summed E-state index contributed by atoms with van der Waals surface area (Å²) in [6.45, 7) is 2.80. The third-order valence-electron chi connectivity index (χ3n) is 3.03. The van der Waals surface area contributed by atoms with Crippen LogP contribution in [-0.2, 0) is 10.2 Å². The van der Waals surface area contributed by atoms with Gasteiger partial charge in [-0.15, -0.1) is 0 Å². The summed E-state index contributed by atoms with van der Waals surface area (Å²) in [5, 5.41) is 0.300. The number of hydrogen-bond donors (Lipinski definition) is 1. The van der Waals surface area contributed by atoms with E-state index in [1.807, 2.05) is 0 Å². The van der Waals surface area contributed by atoms with Crippen LogP contribution in [0.25, 0.3) is 0 Å². The van der Waals surface area contributed by atoms with Crippen LogP contribution in [0.3, 0.4) is 0 Å². The van der Waals surface area contributed by atoms with Gasteiger partial charge in [0.2, 0.25) is 0 Å². The zero-order valence-corrected chi connectivity index (χ0v) is 12.8. The van der Waals surface area contributed by atoms with Crippen LogP contribution in [-0.4, -0.2) is 30.8 Å². The average Bonchev–Trinajstić information content (AvgIpc) is 2.35. The first-order valence-corrected chi connectivity index (χ1v) is 8.20. The van der Waals surface area contributed by atoms with Crippen molar-refractivity contribution in [2.24, 2.45) is 0 Å². The second-order valence-electron chi connectivity index (χ2n) is 4.49. The molecule has 0 aliphatic carbocycles. The van der Waals surface area contributed by atoms with Crippen LogP contribution in [0.2, 0.25) is 10.3 Å². The highest BCUT2D eigenvalue weighted by atomic mass is 35.5. The van der Waals surface area contributed by atoms with Crippen LogP contribution in [0.1, 0.15) is 24.8 Å². The number of aryl methyl sites for hydroxylation is 1. The molecule has 1 aliphatic rings. The lowest BCUT2D eigenvalue weighted by Crippen LogP contribution is -2.39.